The first-order valence-electron chi connectivity index (χ1n) is 9.26. The minimum absolute atomic E-state index is 0.0766. The van der Waals surface area contributed by atoms with Gasteiger partial charge in [-0.3, -0.25) is 4.79 Å². The van der Waals surface area contributed by atoms with Gasteiger partial charge in [-0.25, -0.2) is 4.79 Å². The molecule has 0 amide bonds. The number of allylic oxidation sites excluding steroid dienone is 10. The van der Waals surface area contributed by atoms with Gasteiger partial charge >= 0.3 is 5.97 Å². The SMILES string of the molecule is CCCCCCCCCC=CC=CC=CC=CC=CCC(=O)C(=O)O. The van der Waals surface area contributed by atoms with Gasteiger partial charge in [0.1, 0.15) is 0 Å². The van der Waals surface area contributed by atoms with Crippen molar-refractivity contribution in [2.75, 3.05) is 0 Å². The van der Waals surface area contributed by atoms with E-state index >= 15 is 0 Å². The summed E-state index contributed by atoms with van der Waals surface area (Å²) >= 11 is 0. The fraction of sp³-hybridized carbons (Fsp3) is 0.455. The Bertz CT molecular complexity index is 493. The molecule has 0 spiro atoms. The summed E-state index contributed by atoms with van der Waals surface area (Å²) in [6, 6.07) is 0. The number of carboxylic acids is 1. The van der Waals surface area contributed by atoms with E-state index < -0.39 is 11.8 Å². The van der Waals surface area contributed by atoms with E-state index in [-0.39, 0.29) is 6.42 Å². The molecule has 0 aromatic rings. The minimum Gasteiger partial charge on any atom is -0.475 e. The van der Waals surface area contributed by atoms with Crippen LogP contribution in [-0.2, 0) is 9.59 Å². The van der Waals surface area contributed by atoms with E-state index in [1.54, 1.807) is 12.2 Å². The second-order valence-electron chi connectivity index (χ2n) is 5.85. The van der Waals surface area contributed by atoms with Gasteiger partial charge < -0.3 is 5.11 Å². The molecular weight excluding hydrogens is 312 g/mol. The number of hydrogen-bond donors (Lipinski definition) is 1. The number of hydrogen-bond acceptors (Lipinski definition) is 2. The van der Waals surface area contributed by atoms with Gasteiger partial charge in [0.15, 0.2) is 0 Å². The summed E-state index contributed by atoms with van der Waals surface area (Å²) in [5, 5.41) is 8.40. The van der Waals surface area contributed by atoms with Crippen molar-refractivity contribution in [2.45, 2.75) is 64.7 Å². The molecule has 0 unspecified atom stereocenters. The lowest BCUT2D eigenvalue weighted by molar-refractivity contribution is -0.148. The highest BCUT2D eigenvalue weighted by Gasteiger charge is 2.07. The molecule has 0 aromatic heterocycles. The van der Waals surface area contributed by atoms with Crippen molar-refractivity contribution in [1.82, 2.24) is 0 Å². The van der Waals surface area contributed by atoms with Gasteiger partial charge in [-0.15, -0.1) is 0 Å². The normalized spacial score (nSPS) is 12.5. The fourth-order valence-corrected chi connectivity index (χ4v) is 2.12. The first-order chi connectivity index (χ1) is 12.2. The van der Waals surface area contributed by atoms with Crippen molar-refractivity contribution in [1.29, 1.82) is 0 Å². The molecule has 0 bridgehead atoms. The zero-order valence-corrected chi connectivity index (χ0v) is 15.4. The number of ketones is 1. The zero-order chi connectivity index (χ0) is 18.6. The Hall–Kier alpha value is -2.16. The quantitative estimate of drug-likeness (QED) is 0.227. The van der Waals surface area contributed by atoms with Crippen LogP contribution < -0.4 is 0 Å². The zero-order valence-electron chi connectivity index (χ0n) is 15.4. The van der Waals surface area contributed by atoms with E-state index in [2.05, 4.69) is 19.1 Å². The highest BCUT2D eigenvalue weighted by Crippen LogP contribution is 2.08. The molecule has 3 nitrogen and oxygen atoms in total. The summed E-state index contributed by atoms with van der Waals surface area (Å²) in [4.78, 5) is 21.1. The summed E-state index contributed by atoms with van der Waals surface area (Å²) in [5.41, 5.74) is 0. The van der Waals surface area contributed by atoms with Crippen LogP contribution in [0.5, 0.6) is 0 Å². The van der Waals surface area contributed by atoms with Gasteiger partial charge in [-0.1, -0.05) is 106 Å². The largest absolute Gasteiger partial charge is 0.475 e. The molecule has 1 N–H and O–H groups in total. The van der Waals surface area contributed by atoms with Gasteiger partial charge in [-0.2, -0.15) is 0 Å². The molecule has 0 aromatic carbocycles. The standard InChI is InChI=1S/C22H32O3/c1-2-3-4-5-6-7-8-9-10-11-12-13-14-15-16-17-18-19-20-21(23)22(24)25/h10-19H,2-9,20H2,1H3,(H,24,25). The number of carbonyl (C=O) groups excluding carboxylic acids is 1. The van der Waals surface area contributed by atoms with Crippen LogP contribution in [0.25, 0.3) is 0 Å². The van der Waals surface area contributed by atoms with E-state index in [1.165, 1.54) is 51.0 Å². The fourth-order valence-electron chi connectivity index (χ4n) is 2.12. The third kappa shape index (κ3) is 18.0. The van der Waals surface area contributed by atoms with Crippen LogP contribution in [0.4, 0.5) is 0 Å². The summed E-state index contributed by atoms with van der Waals surface area (Å²) in [5.74, 6) is -2.19. The van der Waals surface area contributed by atoms with Gasteiger partial charge in [0.05, 0.1) is 0 Å². The number of carbonyl (C=O) groups is 2. The molecule has 0 saturated carbocycles. The lowest BCUT2D eigenvalue weighted by atomic mass is 10.1. The van der Waals surface area contributed by atoms with Crippen LogP contribution in [0, 0.1) is 0 Å². The maximum atomic E-state index is 10.8. The average molecular weight is 344 g/mol. The van der Waals surface area contributed by atoms with Gasteiger partial charge in [0, 0.05) is 6.42 Å². The average Bonchev–Trinajstić information content (AvgIpc) is 2.60. The van der Waals surface area contributed by atoms with Crippen molar-refractivity contribution < 1.29 is 14.7 Å². The number of Topliss-reactive ketones (excluding diaryl/α,β-unsaturated/α-hetero) is 1. The molecule has 25 heavy (non-hydrogen) atoms. The van der Waals surface area contributed by atoms with Crippen molar-refractivity contribution in [3.8, 4) is 0 Å². The van der Waals surface area contributed by atoms with E-state index in [4.69, 9.17) is 5.11 Å². The molecule has 0 aliphatic heterocycles. The highest BCUT2D eigenvalue weighted by molar-refractivity contribution is 6.33. The molecule has 0 aliphatic carbocycles. The molecule has 0 heterocycles. The Morgan fingerprint density at radius 2 is 1.16 bits per heavy atom. The first-order valence-corrected chi connectivity index (χ1v) is 9.26. The molecule has 0 fully saturated rings. The summed E-state index contributed by atoms with van der Waals surface area (Å²) in [6.07, 6.45) is 29.3. The monoisotopic (exact) mass is 344 g/mol. The summed E-state index contributed by atoms with van der Waals surface area (Å²) in [7, 11) is 0. The molecule has 0 rings (SSSR count). The second kappa shape index (κ2) is 18.2. The topological polar surface area (TPSA) is 54.4 Å². The molecule has 0 saturated heterocycles. The Labute approximate surface area is 152 Å². The Morgan fingerprint density at radius 1 is 0.680 bits per heavy atom. The Kier molecular flexibility index (Phi) is 16.6. The van der Waals surface area contributed by atoms with Crippen molar-refractivity contribution >= 4 is 11.8 Å². The van der Waals surface area contributed by atoms with Crippen LogP contribution >= 0.6 is 0 Å². The van der Waals surface area contributed by atoms with Crippen molar-refractivity contribution in [3.05, 3.63) is 60.8 Å². The van der Waals surface area contributed by atoms with E-state index in [0.29, 0.717) is 0 Å². The predicted octanol–water partition coefficient (Wildman–Crippen LogP) is 5.95. The summed E-state index contributed by atoms with van der Waals surface area (Å²) < 4.78 is 0. The number of carboxylic acid groups (broad SMARTS) is 1. The van der Waals surface area contributed by atoms with Crippen LogP contribution in [-0.4, -0.2) is 16.9 Å². The predicted molar refractivity (Wildman–Crippen MR) is 106 cm³/mol. The van der Waals surface area contributed by atoms with Crippen LogP contribution in [0.1, 0.15) is 64.7 Å². The number of unbranched alkanes of at least 4 members (excludes halogenated alkanes) is 7. The third-order valence-electron chi connectivity index (χ3n) is 3.57. The molecule has 0 aliphatic rings. The summed E-state index contributed by atoms with van der Waals surface area (Å²) in [6.45, 7) is 2.25. The molecule has 138 valence electrons. The highest BCUT2D eigenvalue weighted by atomic mass is 16.4. The molecule has 3 heteroatoms. The second-order valence-corrected chi connectivity index (χ2v) is 5.85. The van der Waals surface area contributed by atoms with Gasteiger partial charge in [0.2, 0.25) is 5.78 Å². The smallest absolute Gasteiger partial charge is 0.372 e. The van der Waals surface area contributed by atoms with Gasteiger partial charge in [-0.05, 0) is 12.8 Å². The van der Waals surface area contributed by atoms with Gasteiger partial charge in [0.25, 0.3) is 0 Å². The van der Waals surface area contributed by atoms with Crippen molar-refractivity contribution in [2.24, 2.45) is 0 Å². The number of aliphatic carboxylic acids is 1. The Balaban J connectivity index is 3.61. The lowest BCUT2D eigenvalue weighted by Gasteiger charge is -1.98. The number of rotatable bonds is 15. The third-order valence-corrected chi connectivity index (χ3v) is 3.57. The maximum absolute atomic E-state index is 10.8. The lowest BCUT2D eigenvalue weighted by Crippen LogP contribution is -2.10. The maximum Gasteiger partial charge on any atom is 0.372 e. The van der Waals surface area contributed by atoms with Crippen LogP contribution in [0.15, 0.2) is 60.8 Å². The molecule has 0 atom stereocenters. The first kappa shape index (κ1) is 22.8. The Morgan fingerprint density at radius 3 is 1.72 bits per heavy atom. The van der Waals surface area contributed by atoms with E-state index in [0.717, 1.165) is 6.42 Å². The van der Waals surface area contributed by atoms with Crippen LogP contribution in [0.3, 0.4) is 0 Å². The van der Waals surface area contributed by atoms with Crippen LogP contribution in [0.2, 0.25) is 0 Å². The van der Waals surface area contributed by atoms with Crippen molar-refractivity contribution in [3.63, 3.8) is 0 Å². The van der Waals surface area contributed by atoms with E-state index in [9.17, 15) is 9.59 Å². The van der Waals surface area contributed by atoms with E-state index in [1.807, 2.05) is 30.4 Å². The molecular formula is C22H32O3. The minimum atomic E-state index is -1.39. The molecule has 0 radical (unpaired) electrons.